The first-order valence-electron chi connectivity index (χ1n) is 19.8. The maximum Gasteiger partial charge on any atom is 0.449 e. The van der Waals surface area contributed by atoms with E-state index >= 15 is 13.2 Å². The minimum absolute atomic E-state index is 0.0138. The van der Waals surface area contributed by atoms with E-state index in [4.69, 9.17) is 43.2 Å². The average Bonchev–Trinajstić information content (AvgIpc) is 3.48. The molecule has 0 N–H and O–H groups in total. The first-order valence-corrected chi connectivity index (χ1v) is 19.8. The van der Waals surface area contributed by atoms with Crippen LogP contribution in [0.1, 0.15) is 85.5 Å². The lowest BCUT2D eigenvalue weighted by molar-refractivity contribution is -0.592. The number of nitrogens with zero attached hydrogens (tertiary/aromatic N) is 2. The van der Waals surface area contributed by atoms with Gasteiger partial charge in [-0.25, -0.2) is 19.6 Å². The lowest BCUT2D eigenvalue weighted by atomic mass is 9.59. The van der Waals surface area contributed by atoms with Crippen molar-refractivity contribution in [2.45, 2.75) is 139 Å². The van der Waals surface area contributed by atoms with Gasteiger partial charge in [0.2, 0.25) is 23.6 Å². The molecule has 54 heavy (non-hydrogen) atoms. The van der Waals surface area contributed by atoms with Crippen LogP contribution in [-0.2, 0) is 43.2 Å². The molecule has 11 aliphatic rings. The van der Waals surface area contributed by atoms with Gasteiger partial charge in [-0.1, -0.05) is 13.8 Å². The first-order chi connectivity index (χ1) is 25.4. The molecule has 9 heterocycles. The Kier molecular flexibility index (Phi) is 9.11. The number of alkyl halides is 6. The minimum Gasteiger partial charge on any atom is -0.456 e. The van der Waals surface area contributed by atoms with Gasteiger partial charge in [0, 0.05) is 76.3 Å². The molecular weight excluding hydrogens is 730 g/mol. The second kappa shape index (κ2) is 12.9. The van der Waals surface area contributed by atoms with E-state index in [1.807, 2.05) is 9.80 Å². The molecule has 2 aliphatic carbocycles. The lowest BCUT2D eigenvalue weighted by Gasteiger charge is -2.60. The molecule has 0 amide bonds. The van der Waals surface area contributed by atoms with Crippen molar-refractivity contribution in [3.8, 4) is 0 Å². The summed E-state index contributed by atoms with van der Waals surface area (Å²) in [5.74, 6) is -7.31. The van der Waals surface area contributed by atoms with Crippen LogP contribution in [-0.4, -0.2) is 109 Å². The summed E-state index contributed by atoms with van der Waals surface area (Å²) in [6, 6.07) is 0. The van der Waals surface area contributed by atoms with Crippen LogP contribution in [0.25, 0.3) is 0 Å². The normalized spacial score (nSPS) is 49.5. The Morgan fingerprint density at radius 2 is 1.30 bits per heavy atom. The summed E-state index contributed by atoms with van der Waals surface area (Å²) in [4.78, 5) is 27.5. The highest BCUT2D eigenvalue weighted by Gasteiger charge is 2.75. The summed E-state index contributed by atoms with van der Waals surface area (Å²) in [5.41, 5.74) is -2.20. The smallest absolute Gasteiger partial charge is 0.449 e. The molecule has 4 bridgehead atoms. The summed E-state index contributed by atoms with van der Waals surface area (Å²) in [7, 11) is 0. The highest BCUT2D eigenvalue weighted by molar-refractivity contribution is 5.29. The third kappa shape index (κ3) is 5.82. The highest BCUT2D eigenvalue weighted by atomic mass is 19.4. The van der Waals surface area contributed by atoms with Gasteiger partial charge >= 0.3 is 12.4 Å². The highest BCUT2D eigenvalue weighted by Crippen LogP contribution is 2.64. The molecule has 0 aromatic carbocycles. The molecule has 17 heteroatoms. The van der Waals surface area contributed by atoms with Crippen molar-refractivity contribution in [3.63, 3.8) is 0 Å². The quantitative estimate of drug-likeness (QED) is 0.217. The number of halogens is 6. The van der Waals surface area contributed by atoms with E-state index in [2.05, 4.69) is 13.8 Å². The van der Waals surface area contributed by atoms with Gasteiger partial charge in [0.25, 0.3) is 5.79 Å². The minimum atomic E-state index is -4.85. The Morgan fingerprint density at radius 1 is 0.704 bits per heavy atom. The zero-order valence-corrected chi connectivity index (χ0v) is 31.3. The van der Waals surface area contributed by atoms with E-state index in [9.17, 15) is 13.2 Å². The molecule has 306 valence electrons. The zero-order valence-electron chi connectivity index (χ0n) is 31.3. The van der Waals surface area contributed by atoms with Crippen LogP contribution in [0.3, 0.4) is 0 Å². The maximum atomic E-state index is 15.0. The second-order valence-electron chi connectivity index (χ2n) is 17.9. The summed E-state index contributed by atoms with van der Waals surface area (Å²) in [5, 5.41) is 0. The second-order valence-corrected chi connectivity index (χ2v) is 17.9. The molecule has 11 nitrogen and oxygen atoms in total. The largest absolute Gasteiger partial charge is 0.456 e. The van der Waals surface area contributed by atoms with Gasteiger partial charge in [0.15, 0.2) is 17.5 Å². The number of hydrogen-bond donors (Lipinski definition) is 0. The third-order valence-electron chi connectivity index (χ3n) is 14.6. The van der Waals surface area contributed by atoms with Crippen LogP contribution < -0.4 is 0 Å². The molecule has 2 unspecified atom stereocenters. The predicted molar refractivity (Wildman–Crippen MR) is 173 cm³/mol. The van der Waals surface area contributed by atoms with Crippen molar-refractivity contribution in [1.82, 2.24) is 9.80 Å². The Morgan fingerprint density at radius 3 is 1.94 bits per heavy atom. The van der Waals surface area contributed by atoms with E-state index < -0.39 is 77.5 Å². The van der Waals surface area contributed by atoms with Crippen molar-refractivity contribution in [2.24, 2.45) is 35.5 Å². The molecule has 0 aromatic heterocycles. The Labute approximate surface area is 311 Å². The van der Waals surface area contributed by atoms with Crippen LogP contribution in [0.2, 0.25) is 0 Å². The Balaban J connectivity index is 0.873. The van der Waals surface area contributed by atoms with Gasteiger partial charge in [-0.05, 0) is 75.7 Å². The maximum absolute atomic E-state index is 15.0. The number of fused-ring (bicyclic) bond motifs is 4. The topological polar surface area (TPSA) is 89.6 Å². The molecule has 8 saturated heterocycles. The van der Waals surface area contributed by atoms with Gasteiger partial charge in [-0.3, -0.25) is 9.80 Å². The van der Waals surface area contributed by atoms with Crippen LogP contribution in [0, 0.1) is 35.5 Å². The van der Waals surface area contributed by atoms with Gasteiger partial charge in [-0.15, -0.1) is 0 Å². The van der Waals surface area contributed by atoms with Crippen molar-refractivity contribution in [1.29, 1.82) is 0 Å². The summed E-state index contributed by atoms with van der Waals surface area (Å²) < 4.78 is 119. The van der Waals surface area contributed by atoms with Gasteiger partial charge in [0.1, 0.15) is 0 Å². The monoisotopic (exact) mass is 782 g/mol. The number of allylic oxidation sites excluding steroid dienone is 1. The van der Waals surface area contributed by atoms with E-state index in [-0.39, 0.29) is 48.9 Å². The zero-order chi connectivity index (χ0) is 38.1. The molecule has 0 aromatic rings. The summed E-state index contributed by atoms with van der Waals surface area (Å²) in [6.45, 7) is 9.11. The Bertz CT molecular complexity index is 1490. The van der Waals surface area contributed by atoms with Crippen LogP contribution >= 0.6 is 0 Å². The van der Waals surface area contributed by atoms with Crippen LogP contribution in [0.5, 0.6) is 0 Å². The molecule has 10 fully saturated rings. The SMILES string of the molecule is C[C@@H]1CC[C@H]2C[C@](OCCN3CCN(CC4=C(C(F)(F)F)O[C@@H]5O[C@@]6(C)CCC7[C@H](C)CC[C@@H]4[C@]75OO6)CC3)(C(F)(F)F)O[C@@H]3O[C@@]4(C)CCC1[C@@]23OO4. The van der Waals surface area contributed by atoms with Crippen LogP contribution in [0.15, 0.2) is 11.3 Å². The van der Waals surface area contributed by atoms with Crippen molar-refractivity contribution in [2.75, 3.05) is 45.9 Å². The van der Waals surface area contributed by atoms with Gasteiger partial charge < -0.3 is 23.7 Å². The summed E-state index contributed by atoms with van der Waals surface area (Å²) in [6.07, 6.45) is -7.79. The van der Waals surface area contributed by atoms with E-state index in [1.165, 1.54) is 0 Å². The van der Waals surface area contributed by atoms with E-state index in [1.54, 1.807) is 13.8 Å². The standard InChI is InChI=1S/C37H52F6N2O9/c1-21-5-7-23-19-33(37(41,42)43,50-30-34(23)25(21)9-11-32(4,49-30)51-53-34)46-18-17-44-13-15-45(16-14-44)20-24-27-8-6-22(2)26-10-12-31(3)48-29(35(26,27)54-52-31)47-28(24)36(38,39)40/h21-23,25-27,29-30H,5-20H2,1-4H3/t21-,22-,23+,25?,26?,27+,29-,30+,31-,32-,33-,34+,35-/m1/s1. The van der Waals surface area contributed by atoms with Crippen molar-refractivity contribution in [3.05, 3.63) is 11.3 Å². The number of piperazine rings is 1. The number of ether oxygens (including phenoxy) is 5. The van der Waals surface area contributed by atoms with Crippen LogP contribution in [0.4, 0.5) is 26.3 Å². The molecule has 9 aliphatic heterocycles. The molecule has 2 saturated carbocycles. The van der Waals surface area contributed by atoms with Gasteiger partial charge in [0.05, 0.1) is 6.61 Å². The fourth-order valence-corrected chi connectivity index (χ4v) is 11.7. The first kappa shape index (κ1) is 38.2. The number of rotatable bonds is 6. The molecule has 0 radical (unpaired) electrons. The predicted octanol–water partition coefficient (Wildman–Crippen LogP) is 6.58. The van der Waals surface area contributed by atoms with E-state index in [0.29, 0.717) is 64.7 Å². The van der Waals surface area contributed by atoms with Crippen molar-refractivity contribution >= 4 is 0 Å². The Hall–Kier alpha value is -1.28. The van der Waals surface area contributed by atoms with Gasteiger partial charge in [-0.2, -0.15) is 26.3 Å². The van der Waals surface area contributed by atoms with E-state index in [0.717, 1.165) is 12.8 Å². The fraction of sp³-hybridized carbons (Fsp3) is 0.946. The molecule has 2 spiro atoms. The molecule has 13 atom stereocenters. The summed E-state index contributed by atoms with van der Waals surface area (Å²) >= 11 is 0. The fourth-order valence-electron chi connectivity index (χ4n) is 11.7. The van der Waals surface area contributed by atoms with Crippen molar-refractivity contribution < 1.29 is 69.6 Å². The average molecular weight is 783 g/mol. The number of hydrogen-bond acceptors (Lipinski definition) is 11. The molecule has 11 rings (SSSR count). The third-order valence-corrected chi connectivity index (χ3v) is 14.6. The lowest BCUT2D eigenvalue weighted by Crippen LogP contribution is -2.73. The molecular formula is C37H52F6N2O9.